The normalized spacial score (nSPS) is 14.7. The van der Waals surface area contributed by atoms with E-state index in [1.807, 2.05) is 0 Å². The Kier molecular flexibility index (Phi) is 5.81. The summed E-state index contributed by atoms with van der Waals surface area (Å²) in [4.78, 5) is 14.2. The molecule has 2 aromatic heterocycles. The van der Waals surface area contributed by atoms with Crippen LogP contribution in [0.2, 0.25) is 5.02 Å². The van der Waals surface area contributed by atoms with E-state index < -0.39 is 10.0 Å². The van der Waals surface area contributed by atoms with E-state index in [9.17, 15) is 13.2 Å². The number of sulfonamides is 1. The molecule has 30 heavy (non-hydrogen) atoms. The van der Waals surface area contributed by atoms with Crippen molar-refractivity contribution in [1.29, 1.82) is 0 Å². The summed E-state index contributed by atoms with van der Waals surface area (Å²) in [5.41, 5.74) is 1.59. The highest BCUT2D eigenvalue weighted by Crippen LogP contribution is 2.30. The molecule has 3 aromatic rings. The topological polar surface area (TPSA) is 105 Å². The number of amides is 1. The quantitative estimate of drug-likeness (QED) is 0.604. The molecule has 1 saturated heterocycles. The number of carbonyl (C=O) groups excluding carboxylic acids is 1. The van der Waals surface area contributed by atoms with E-state index in [1.165, 1.54) is 6.07 Å². The Morgan fingerprint density at radius 1 is 1.20 bits per heavy atom. The predicted octanol–water partition coefficient (Wildman–Crippen LogP) is 4.19. The second kappa shape index (κ2) is 8.37. The molecule has 0 atom stereocenters. The zero-order valence-electron chi connectivity index (χ0n) is 16.1. The van der Waals surface area contributed by atoms with Crippen LogP contribution in [0, 0.1) is 6.92 Å². The largest absolute Gasteiger partial charge is 0.412 e. The molecule has 1 fully saturated rings. The average Bonchev–Trinajstić information content (AvgIpc) is 3.40. The van der Waals surface area contributed by atoms with E-state index in [1.54, 1.807) is 35.4 Å². The number of hydrogen-bond donors (Lipinski definition) is 1. The average molecular weight is 467 g/mol. The number of halogens is 1. The van der Waals surface area contributed by atoms with Crippen molar-refractivity contribution in [3.05, 3.63) is 46.1 Å². The highest BCUT2D eigenvalue weighted by molar-refractivity contribution is 7.94. The number of aromatic nitrogens is 2. The summed E-state index contributed by atoms with van der Waals surface area (Å²) in [6.45, 7) is 3.13. The first kappa shape index (κ1) is 20.8. The van der Waals surface area contributed by atoms with Crippen molar-refractivity contribution < 1.29 is 17.6 Å². The van der Waals surface area contributed by atoms with Gasteiger partial charge in [0, 0.05) is 23.5 Å². The second-order valence-corrected chi connectivity index (χ2v) is 10.2. The summed E-state index contributed by atoms with van der Waals surface area (Å²) in [5.74, 6) is -0.281. The first-order chi connectivity index (χ1) is 14.3. The third-order valence-electron chi connectivity index (χ3n) is 4.78. The number of carbonyl (C=O) groups is 1. The Labute approximate surface area is 182 Å². The zero-order chi connectivity index (χ0) is 21.3. The first-order valence-corrected chi connectivity index (χ1v) is 12.1. The lowest BCUT2D eigenvalue weighted by atomic mass is 10.1. The fourth-order valence-electron chi connectivity index (χ4n) is 3.13. The lowest BCUT2D eigenvalue weighted by Gasteiger charge is -2.24. The molecular formula is C19H19ClN4O4S2. The smallest absolute Gasteiger partial charge is 0.311 e. The van der Waals surface area contributed by atoms with E-state index in [0.29, 0.717) is 29.4 Å². The molecular weight excluding hydrogens is 448 g/mol. The van der Waals surface area contributed by atoms with Gasteiger partial charge in [0.05, 0.1) is 11.3 Å². The highest BCUT2D eigenvalue weighted by Gasteiger charge is 2.25. The minimum Gasteiger partial charge on any atom is -0.412 e. The first-order valence-electron chi connectivity index (χ1n) is 9.34. The van der Waals surface area contributed by atoms with Gasteiger partial charge in [0.1, 0.15) is 4.21 Å². The van der Waals surface area contributed by atoms with Crippen LogP contribution in [0.1, 0.15) is 35.5 Å². The van der Waals surface area contributed by atoms with E-state index in [4.69, 9.17) is 16.0 Å². The van der Waals surface area contributed by atoms with Crippen LogP contribution in [0.5, 0.6) is 0 Å². The summed E-state index contributed by atoms with van der Waals surface area (Å²) >= 11 is 6.99. The number of piperidine rings is 1. The van der Waals surface area contributed by atoms with Gasteiger partial charge in [-0.2, -0.15) is 0 Å². The number of nitrogens with one attached hydrogen (secondary N) is 1. The minimum atomic E-state index is -3.82. The molecule has 0 spiro atoms. The van der Waals surface area contributed by atoms with Crippen LogP contribution < -0.4 is 4.72 Å². The van der Waals surface area contributed by atoms with Crippen molar-refractivity contribution in [1.82, 2.24) is 15.1 Å². The van der Waals surface area contributed by atoms with Gasteiger partial charge in [-0.05, 0) is 49.9 Å². The van der Waals surface area contributed by atoms with E-state index in [0.717, 1.165) is 36.2 Å². The number of likely N-dealkylation sites (tertiary alicyclic amines) is 1. The van der Waals surface area contributed by atoms with Crippen molar-refractivity contribution in [2.45, 2.75) is 30.4 Å². The molecule has 1 aromatic carbocycles. The van der Waals surface area contributed by atoms with Gasteiger partial charge in [0.15, 0.2) is 0 Å². The van der Waals surface area contributed by atoms with Crippen LogP contribution in [0.15, 0.2) is 38.3 Å². The molecule has 8 nitrogen and oxygen atoms in total. The van der Waals surface area contributed by atoms with Crippen LogP contribution in [0.4, 0.5) is 5.69 Å². The highest BCUT2D eigenvalue weighted by atomic mass is 35.5. The summed E-state index contributed by atoms with van der Waals surface area (Å²) in [6.07, 6.45) is 3.02. The Balaban J connectivity index is 1.53. The van der Waals surface area contributed by atoms with Gasteiger partial charge in [-0.3, -0.25) is 9.52 Å². The standard InChI is InChI=1S/C19H19ClN4O4S2/c1-12-5-6-14(20)10-15(12)23-30(26,27)16-9-13(11-29-16)17-21-22-18(28-17)19(25)24-7-3-2-4-8-24/h5-6,9-11,23H,2-4,7-8H2,1H3. The van der Waals surface area contributed by atoms with E-state index in [-0.39, 0.29) is 21.9 Å². The molecule has 0 saturated carbocycles. The molecule has 0 unspecified atom stereocenters. The number of nitrogens with zero attached hydrogens (tertiary/aromatic N) is 3. The summed E-state index contributed by atoms with van der Waals surface area (Å²) in [7, 11) is -3.82. The minimum absolute atomic E-state index is 0.0824. The number of benzene rings is 1. The third kappa shape index (κ3) is 4.35. The zero-order valence-corrected chi connectivity index (χ0v) is 18.5. The summed E-state index contributed by atoms with van der Waals surface area (Å²) < 4.78 is 33.7. The van der Waals surface area contributed by atoms with Crippen LogP contribution in [0.3, 0.4) is 0 Å². The molecule has 1 N–H and O–H groups in total. The molecule has 1 aliphatic rings. The summed E-state index contributed by atoms with van der Waals surface area (Å²) in [5, 5.41) is 9.79. The fraction of sp³-hybridized carbons (Fsp3) is 0.316. The summed E-state index contributed by atoms with van der Waals surface area (Å²) in [6, 6.07) is 6.42. The molecule has 0 radical (unpaired) electrons. The number of aryl methyl sites for hydroxylation is 1. The predicted molar refractivity (Wildman–Crippen MR) is 114 cm³/mol. The molecule has 3 heterocycles. The monoisotopic (exact) mass is 466 g/mol. The van der Waals surface area contributed by atoms with Gasteiger partial charge in [0.25, 0.3) is 10.0 Å². The SMILES string of the molecule is Cc1ccc(Cl)cc1NS(=O)(=O)c1cc(-c2nnc(C(=O)N3CCCCC3)o2)cs1. The van der Waals surface area contributed by atoms with Crippen LogP contribution >= 0.6 is 22.9 Å². The molecule has 1 aliphatic heterocycles. The number of hydrogen-bond acceptors (Lipinski definition) is 7. The number of thiophene rings is 1. The van der Waals surface area contributed by atoms with Gasteiger partial charge < -0.3 is 9.32 Å². The van der Waals surface area contributed by atoms with Crippen LogP contribution in [-0.2, 0) is 10.0 Å². The van der Waals surface area contributed by atoms with Gasteiger partial charge in [0.2, 0.25) is 5.89 Å². The van der Waals surface area contributed by atoms with Crippen LogP contribution in [0.25, 0.3) is 11.5 Å². The maximum Gasteiger partial charge on any atom is 0.311 e. The Hall–Kier alpha value is -2.43. The van der Waals surface area contributed by atoms with Gasteiger partial charge in [-0.1, -0.05) is 17.7 Å². The van der Waals surface area contributed by atoms with Crippen LogP contribution in [-0.4, -0.2) is 42.5 Å². The Bertz CT molecular complexity index is 1180. The van der Waals surface area contributed by atoms with E-state index in [2.05, 4.69) is 14.9 Å². The van der Waals surface area contributed by atoms with E-state index >= 15 is 0 Å². The fourth-order valence-corrected chi connectivity index (χ4v) is 5.57. The van der Waals surface area contributed by atoms with Gasteiger partial charge in [-0.15, -0.1) is 21.5 Å². The van der Waals surface area contributed by atoms with Crippen molar-refractivity contribution >= 4 is 44.6 Å². The second-order valence-electron chi connectivity index (χ2n) is 6.98. The van der Waals surface area contributed by atoms with Crippen molar-refractivity contribution in [2.75, 3.05) is 17.8 Å². The maximum atomic E-state index is 12.8. The molecule has 158 valence electrons. The third-order valence-corrected chi connectivity index (χ3v) is 7.82. The molecule has 0 bridgehead atoms. The molecule has 11 heteroatoms. The lowest BCUT2D eigenvalue weighted by Crippen LogP contribution is -2.35. The lowest BCUT2D eigenvalue weighted by molar-refractivity contribution is 0.0684. The number of rotatable bonds is 5. The Morgan fingerprint density at radius 2 is 1.97 bits per heavy atom. The van der Waals surface area contributed by atoms with Crippen molar-refractivity contribution in [3.8, 4) is 11.5 Å². The van der Waals surface area contributed by atoms with Gasteiger partial charge >= 0.3 is 11.8 Å². The molecule has 0 aliphatic carbocycles. The number of anilines is 1. The molecule has 1 amide bonds. The van der Waals surface area contributed by atoms with Crippen molar-refractivity contribution in [2.24, 2.45) is 0 Å². The van der Waals surface area contributed by atoms with Crippen molar-refractivity contribution in [3.63, 3.8) is 0 Å². The Morgan fingerprint density at radius 3 is 2.73 bits per heavy atom. The molecule has 4 rings (SSSR count). The van der Waals surface area contributed by atoms with Gasteiger partial charge in [-0.25, -0.2) is 8.42 Å². The maximum absolute atomic E-state index is 12.8.